The van der Waals surface area contributed by atoms with E-state index in [0.717, 1.165) is 11.1 Å². The van der Waals surface area contributed by atoms with Gasteiger partial charge >= 0.3 is 0 Å². The molecule has 2 aromatic rings. The summed E-state index contributed by atoms with van der Waals surface area (Å²) in [5.74, 6) is 0.917. The van der Waals surface area contributed by atoms with Crippen molar-refractivity contribution in [2.75, 3.05) is 5.73 Å². The average molecular weight is 218 g/mol. The fourth-order valence-corrected chi connectivity index (χ4v) is 1.50. The summed E-state index contributed by atoms with van der Waals surface area (Å²) < 4.78 is 12.9. The van der Waals surface area contributed by atoms with Crippen LogP contribution in [0.4, 0.5) is 10.3 Å². The van der Waals surface area contributed by atoms with Crippen LogP contribution in [0.2, 0.25) is 0 Å². The van der Waals surface area contributed by atoms with Gasteiger partial charge in [0.15, 0.2) is 5.82 Å². The highest BCUT2D eigenvalue weighted by Crippen LogP contribution is 2.20. The largest absolute Gasteiger partial charge is 0.368 e. The van der Waals surface area contributed by atoms with Crippen LogP contribution < -0.4 is 5.73 Å². The molecule has 0 spiro atoms. The summed E-state index contributed by atoms with van der Waals surface area (Å²) in [5.41, 5.74) is 7.07. The van der Waals surface area contributed by atoms with Gasteiger partial charge in [-0.2, -0.15) is 9.97 Å². The van der Waals surface area contributed by atoms with Gasteiger partial charge in [-0.1, -0.05) is 0 Å². The topological polar surface area (TPSA) is 64.7 Å². The monoisotopic (exact) mass is 218 g/mol. The smallest absolute Gasteiger partial charge is 0.223 e. The third kappa shape index (κ3) is 1.98. The summed E-state index contributed by atoms with van der Waals surface area (Å²) in [6, 6.07) is 4.45. The lowest BCUT2D eigenvalue weighted by Gasteiger charge is -2.05. The van der Waals surface area contributed by atoms with Gasteiger partial charge in [-0.05, 0) is 37.6 Å². The van der Waals surface area contributed by atoms with E-state index in [1.807, 2.05) is 0 Å². The van der Waals surface area contributed by atoms with E-state index < -0.39 is 0 Å². The second-order valence-corrected chi connectivity index (χ2v) is 3.52. The van der Waals surface area contributed by atoms with E-state index in [2.05, 4.69) is 15.0 Å². The Labute approximate surface area is 92.4 Å². The number of benzene rings is 1. The number of nitrogens with zero attached hydrogens (tertiary/aromatic N) is 3. The van der Waals surface area contributed by atoms with Gasteiger partial charge in [0.25, 0.3) is 0 Å². The molecule has 0 saturated heterocycles. The first-order valence-corrected chi connectivity index (χ1v) is 4.81. The molecule has 0 saturated carbocycles. The first-order valence-electron chi connectivity index (χ1n) is 4.81. The van der Waals surface area contributed by atoms with Crippen molar-refractivity contribution in [1.82, 2.24) is 15.0 Å². The summed E-state index contributed by atoms with van der Waals surface area (Å²) in [4.78, 5) is 12.1. The zero-order valence-corrected chi connectivity index (χ0v) is 9.03. The molecule has 1 aromatic carbocycles. The van der Waals surface area contributed by atoms with Crippen molar-refractivity contribution >= 4 is 5.95 Å². The number of nitrogen functional groups attached to an aromatic ring is 1. The van der Waals surface area contributed by atoms with E-state index in [4.69, 9.17) is 5.73 Å². The molecule has 2 rings (SSSR count). The van der Waals surface area contributed by atoms with E-state index in [1.54, 1.807) is 19.9 Å². The second-order valence-electron chi connectivity index (χ2n) is 3.52. The Morgan fingerprint density at radius 1 is 1.12 bits per heavy atom. The summed E-state index contributed by atoms with van der Waals surface area (Å²) in [5, 5.41) is 0. The molecule has 0 aliphatic heterocycles. The maximum Gasteiger partial charge on any atom is 0.223 e. The summed E-state index contributed by atoms with van der Waals surface area (Å²) in [6.45, 7) is 3.54. The maximum absolute atomic E-state index is 12.9. The van der Waals surface area contributed by atoms with E-state index in [-0.39, 0.29) is 11.8 Å². The number of aryl methyl sites for hydroxylation is 2. The minimum atomic E-state index is -0.278. The van der Waals surface area contributed by atoms with Gasteiger partial charge in [-0.15, -0.1) is 0 Å². The van der Waals surface area contributed by atoms with E-state index >= 15 is 0 Å². The van der Waals surface area contributed by atoms with E-state index in [9.17, 15) is 4.39 Å². The zero-order valence-electron chi connectivity index (χ0n) is 9.03. The minimum Gasteiger partial charge on any atom is -0.368 e. The van der Waals surface area contributed by atoms with Gasteiger partial charge < -0.3 is 5.73 Å². The Hall–Kier alpha value is -2.04. The number of nitrogens with two attached hydrogens (primary N) is 1. The van der Waals surface area contributed by atoms with Gasteiger partial charge in [-0.3, -0.25) is 0 Å². The van der Waals surface area contributed by atoms with Crippen LogP contribution in [0.5, 0.6) is 0 Å². The molecule has 16 heavy (non-hydrogen) atoms. The SMILES string of the molecule is Cc1nc(N)nc(-c2ccc(F)cc2C)n1. The molecular weight excluding hydrogens is 207 g/mol. The number of aromatic nitrogens is 3. The van der Waals surface area contributed by atoms with Crippen molar-refractivity contribution in [3.8, 4) is 11.4 Å². The summed E-state index contributed by atoms with van der Waals surface area (Å²) >= 11 is 0. The molecule has 2 N–H and O–H groups in total. The Balaban J connectivity index is 2.58. The maximum atomic E-state index is 12.9. The lowest BCUT2D eigenvalue weighted by Crippen LogP contribution is -2.02. The molecule has 0 radical (unpaired) electrons. The van der Waals surface area contributed by atoms with Gasteiger partial charge in [-0.25, -0.2) is 9.37 Å². The van der Waals surface area contributed by atoms with E-state index in [1.165, 1.54) is 12.1 Å². The standard InChI is InChI=1S/C11H11FN4/c1-6-5-8(12)3-4-9(6)10-14-7(2)15-11(13)16-10/h3-5H,1-2H3,(H2,13,14,15,16). The van der Waals surface area contributed by atoms with Crippen molar-refractivity contribution in [1.29, 1.82) is 0 Å². The first-order chi connectivity index (χ1) is 7.56. The van der Waals surface area contributed by atoms with Crippen molar-refractivity contribution < 1.29 is 4.39 Å². The third-order valence-electron chi connectivity index (χ3n) is 2.19. The molecule has 0 amide bonds. The van der Waals surface area contributed by atoms with Gasteiger partial charge in [0.2, 0.25) is 5.95 Å². The Bertz CT molecular complexity index is 519. The molecule has 0 aliphatic carbocycles. The van der Waals surface area contributed by atoms with Crippen LogP contribution in [-0.4, -0.2) is 15.0 Å². The van der Waals surface area contributed by atoms with Crippen molar-refractivity contribution in [2.45, 2.75) is 13.8 Å². The van der Waals surface area contributed by atoms with E-state index in [0.29, 0.717) is 11.6 Å². The van der Waals surface area contributed by atoms with Crippen LogP contribution >= 0.6 is 0 Å². The Morgan fingerprint density at radius 2 is 1.88 bits per heavy atom. The quantitative estimate of drug-likeness (QED) is 0.793. The Morgan fingerprint density at radius 3 is 2.50 bits per heavy atom. The molecule has 0 aliphatic rings. The lowest BCUT2D eigenvalue weighted by atomic mass is 10.1. The second kappa shape index (κ2) is 3.84. The highest BCUT2D eigenvalue weighted by atomic mass is 19.1. The highest BCUT2D eigenvalue weighted by molar-refractivity contribution is 5.60. The molecule has 4 nitrogen and oxygen atoms in total. The number of rotatable bonds is 1. The summed E-state index contributed by atoms with van der Waals surface area (Å²) in [7, 11) is 0. The molecule has 0 fully saturated rings. The van der Waals surface area contributed by atoms with Crippen molar-refractivity contribution in [3.63, 3.8) is 0 Å². The predicted octanol–water partition coefficient (Wildman–Crippen LogP) is 1.88. The van der Waals surface area contributed by atoms with Crippen LogP contribution in [0.25, 0.3) is 11.4 Å². The van der Waals surface area contributed by atoms with Gasteiger partial charge in [0, 0.05) is 5.56 Å². The third-order valence-corrected chi connectivity index (χ3v) is 2.19. The normalized spacial score (nSPS) is 10.4. The average Bonchev–Trinajstić information content (AvgIpc) is 2.15. The number of hydrogen-bond donors (Lipinski definition) is 1. The molecular formula is C11H11FN4. The fourth-order valence-electron chi connectivity index (χ4n) is 1.50. The molecule has 5 heteroatoms. The molecule has 1 heterocycles. The van der Waals surface area contributed by atoms with Gasteiger partial charge in [0.1, 0.15) is 11.6 Å². The highest BCUT2D eigenvalue weighted by Gasteiger charge is 2.07. The van der Waals surface area contributed by atoms with Crippen LogP contribution in [0, 0.1) is 19.7 Å². The summed E-state index contributed by atoms with van der Waals surface area (Å²) in [6.07, 6.45) is 0. The van der Waals surface area contributed by atoms with Gasteiger partial charge in [0.05, 0.1) is 0 Å². The zero-order chi connectivity index (χ0) is 11.7. The molecule has 0 bridgehead atoms. The molecule has 82 valence electrons. The minimum absolute atomic E-state index is 0.172. The number of hydrogen-bond acceptors (Lipinski definition) is 4. The number of halogens is 1. The van der Waals surface area contributed by atoms with Crippen molar-refractivity contribution in [2.24, 2.45) is 0 Å². The molecule has 1 aromatic heterocycles. The molecule has 0 unspecified atom stereocenters. The Kier molecular flexibility index (Phi) is 2.52. The van der Waals surface area contributed by atoms with Crippen LogP contribution in [0.15, 0.2) is 18.2 Å². The van der Waals surface area contributed by atoms with Crippen molar-refractivity contribution in [3.05, 3.63) is 35.4 Å². The van der Waals surface area contributed by atoms with Crippen LogP contribution in [0.3, 0.4) is 0 Å². The fraction of sp³-hybridized carbons (Fsp3) is 0.182. The van der Waals surface area contributed by atoms with Crippen LogP contribution in [0.1, 0.15) is 11.4 Å². The first kappa shape index (κ1) is 10.5. The number of anilines is 1. The molecule has 0 atom stereocenters. The lowest BCUT2D eigenvalue weighted by molar-refractivity contribution is 0.627. The van der Waals surface area contributed by atoms with Crippen LogP contribution in [-0.2, 0) is 0 Å². The predicted molar refractivity (Wildman–Crippen MR) is 59.1 cm³/mol.